The molecule has 7 nitrogen and oxygen atoms in total. The predicted octanol–water partition coefficient (Wildman–Crippen LogP) is 0.913. The molecule has 0 atom stereocenters. The van der Waals surface area contributed by atoms with Crippen molar-refractivity contribution in [2.75, 3.05) is 25.4 Å². The fraction of sp³-hybridized carbons (Fsp3) is 0.647. The number of allylic oxidation sites excluding steroid dienone is 2. The molecule has 0 aromatic heterocycles. The maximum Gasteiger partial charge on any atom is 0.256 e. The molecule has 3 aliphatic rings. The van der Waals surface area contributed by atoms with Gasteiger partial charge < -0.3 is 15.5 Å². The second-order valence-electron chi connectivity index (χ2n) is 6.71. The molecule has 1 saturated carbocycles. The Morgan fingerprint density at radius 2 is 1.96 bits per heavy atom. The molecule has 2 N–H and O–H groups in total. The van der Waals surface area contributed by atoms with Crippen LogP contribution in [0, 0.1) is 0 Å². The summed E-state index contributed by atoms with van der Waals surface area (Å²) in [5, 5.41) is 6.37. The van der Waals surface area contributed by atoms with Gasteiger partial charge in [0.25, 0.3) is 15.9 Å². The van der Waals surface area contributed by atoms with E-state index >= 15 is 0 Å². The quantitative estimate of drug-likeness (QED) is 0.558. The summed E-state index contributed by atoms with van der Waals surface area (Å²) in [6, 6.07) is 0.541. The first-order valence-electron chi connectivity index (χ1n) is 9.05. The number of nitrogens with one attached hydrogen (secondary N) is 2. The summed E-state index contributed by atoms with van der Waals surface area (Å²) in [7, 11) is -3.48. The van der Waals surface area contributed by atoms with Crippen LogP contribution in [-0.2, 0) is 14.8 Å². The van der Waals surface area contributed by atoms with E-state index in [2.05, 4.69) is 15.0 Å². The first-order valence-corrected chi connectivity index (χ1v) is 10.7. The van der Waals surface area contributed by atoms with Crippen LogP contribution in [-0.4, -0.2) is 56.5 Å². The topological polar surface area (TPSA) is 90.9 Å². The summed E-state index contributed by atoms with van der Waals surface area (Å²) < 4.78 is 27.2. The molecule has 0 saturated heterocycles. The summed E-state index contributed by atoms with van der Waals surface area (Å²) >= 11 is 0. The van der Waals surface area contributed by atoms with Crippen molar-refractivity contribution in [3.63, 3.8) is 0 Å². The zero-order valence-corrected chi connectivity index (χ0v) is 15.2. The van der Waals surface area contributed by atoms with Gasteiger partial charge in [-0.05, 0) is 25.0 Å². The predicted molar refractivity (Wildman–Crippen MR) is 97.7 cm³/mol. The largest absolute Gasteiger partial charge is 0.351 e. The number of carbonyl (C=O) groups excluding carboxylic acids is 1. The van der Waals surface area contributed by atoms with Crippen molar-refractivity contribution in [3.05, 3.63) is 23.9 Å². The van der Waals surface area contributed by atoms with Crippen LogP contribution >= 0.6 is 0 Å². The van der Waals surface area contributed by atoms with Crippen molar-refractivity contribution in [1.82, 2.24) is 15.5 Å². The normalized spacial score (nSPS) is 23.3. The third kappa shape index (κ3) is 4.92. The Kier molecular flexibility index (Phi) is 5.90. The van der Waals surface area contributed by atoms with E-state index in [4.69, 9.17) is 0 Å². The smallest absolute Gasteiger partial charge is 0.256 e. The lowest BCUT2D eigenvalue weighted by atomic mass is 10.1. The van der Waals surface area contributed by atoms with Crippen molar-refractivity contribution in [1.29, 1.82) is 0 Å². The lowest BCUT2D eigenvalue weighted by Gasteiger charge is -2.28. The van der Waals surface area contributed by atoms with Crippen molar-refractivity contribution >= 4 is 21.8 Å². The highest BCUT2D eigenvalue weighted by molar-refractivity contribution is 7.90. The van der Waals surface area contributed by atoms with E-state index in [0.717, 1.165) is 0 Å². The Balaban J connectivity index is 1.51. The van der Waals surface area contributed by atoms with Gasteiger partial charge in [-0.25, -0.2) is 8.42 Å². The van der Waals surface area contributed by atoms with E-state index < -0.39 is 10.0 Å². The van der Waals surface area contributed by atoms with E-state index in [1.807, 2.05) is 0 Å². The average Bonchev–Trinajstić information content (AvgIpc) is 2.86. The van der Waals surface area contributed by atoms with Gasteiger partial charge in [-0.15, -0.1) is 4.40 Å². The number of hydrogen-bond acceptors (Lipinski definition) is 5. The van der Waals surface area contributed by atoms with Crippen LogP contribution < -0.4 is 10.6 Å². The maximum absolute atomic E-state index is 12.4. The van der Waals surface area contributed by atoms with Gasteiger partial charge in [-0.1, -0.05) is 25.7 Å². The molecular weight excluding hydrogens is 340 g/mol. The Morgan fingerprint density at radius 1 is 1.20 bits per heavy atom. The van der Waals surface area contributed by atoms with Crippen LogP contribution in [0.1, 0.15) is 38.5 Å². The molecule has 2 aliphatic heterocycles. The molecule has 0 spiro atoms. The number of fused-ring (bicyclic) bond motifs is 1. The highest BCUT2D eigenvalue weighted by atomic mass is 32.2. The number of rotatable bonds is 5. The second kappa shape index (κ2) is 8.14. The molecule has 0 aromatic rings. The minimum atomic E-state index is -3.48. The van der Waals surface area contributed by atoms with E-state index in [-0.39, 0.29) is 17.5 Å². The average molecular weight is 366 g/mol. The van der Waals surface area contributed by atoms with Crippen LogP contribution in [0.25, 0.3) is 0 Å². The number of hydrogen-bond donors (Lipinski definition) is 2. The van der Waals surface area contributed by atoms with Crippen LogP contribution in [0.15, 0.2) is 28.3 Å². The molecule has 8 heteroatoms. The molecule has 25 heavy (non-hydrogen) atoms. The SMILES string of the molecule is O=C(NCCNC1CCCCCC1)C1=CC=CN2CCS(=O)(=O)N=C12. The first-order chi connectivity index (χ1) is 12.1. The van der Waals surface area contributed by atoms with Crippen LogP contribution in [0.3, 0.4) is 0 Å². The summed E-state index contributed by atoms with van der Waals surface area (Å²) in [6.45, 7) is 1.55. The number of nitrogens with zero attached hydrogens (tertiary/aromatic N) is 2. The highest BCUT2D eigenvalue weighted by Gasteiger charge is 2.29. The summed E-state index contributed by atoms with van der Waals surface area (Å²) in [5.74, 6) is -0.0861. The van der Waals surface area contributed by atoms with Crippen LogP contribution in [0.4, 0.5) is 0 Å². The zero-order chi connectivity index (χ0) is 17.7. The van der Waals surface area contributed by atoms with Gasteiger partial charge in [0.2, 0.25) is 0 Å². The highest BCUT2D eigenvalue weighted by Crippen LogP contribution is 2.18. The Labute approximate surface area is 149 Å². The Hall–Kier alpha value is -1.67. The van der Waals surface area contributed by atoms with Gasteiger partial charge in [-0.2, -0.15) is 0 Å². The third-order valence-electron chi connectivity index (χ3n) is 4.80. The van der Waals surface area contributed by atoms with Crippen molar-refractivity contribution in [2.45, 2.75) is 44.6 Å². The van der Waals surface area contributed by atoms with Crippen LogP contribution in [0.5, 0.6) is 0 Å². The molecule has 1 fully saturated rings. The molecule has 0 radical (unpaired) electrons. The van der Waals surface area contributed by atoms with Crippen molar-refractivity contribution < 1.29 is 13.2 Å². The molecule has 0 aromatic carbocycles. The van der Waals surface area contributed by atoms with Gasteiger partial charge in [0, 0.05) is 31.9 Å². The molecule has 1 amide bonds. The minimum absolute atomic E-state index is 0.0267. The number of carbonyl (C=O) groups is 1. The van der Waals surface area contributed by atoms with Crippen molar-refractivity contribution in [3.8, 4) is 0 Å². The fourth-order valence-corrected chi connectivity index (χ4v) is 4.41. The lowest BCUT2D eigenvalue weighted by molar-refractivity contribution is -0.117. The zero-order valence-electron chi connectivity index (χ0n) is 14.4. The van der Waals surface area contributed by atoms with Crippen LogP contribution in [0.2, 0.25) is 0 Å². The van der Waals surface area contributed by atoms with Gasteiger partial charge in [0.05, 0.1) is 11.3 Å². The van der Waals surface area contributed by atoms with Gasteiger partial charge >= 0.3 is 0 Å². The number of sulfonamides is 1. The molecule has 3 rings (SSSR count). The molecule has 0 unspecified atom stereocenters. The van der Waals surface area contributed by atoms with E-state index in [0.29, 0.717) is 31.2 Å². The summed E-state index contributed by atoms with van der Waals surface area (Å²) in [6.07, 6.45) is 12.7. The van der Waals surface area contributed by atoms with Gasteiger partial charge in [-0.3, -0.25) is 4.79 Å². The lowest BCUT2D eigenvalue weighted by Crippen LogP contribution is -2.43. The monoisotopic (exact) mass is 366 g/mol. The summed E-state index contributed by atoms with van der Waals surface area (Å²) in [4.78, 5) is 14.1. The first kappa shape index (κ1) is 18.1. The Morgan fingerprint density at radius 3 is 2.72 bits per heavy atom. The molecule has 2 heterocycles. The van der Waals surface area contributed by atoms with E-state index in [9.17, 15) is 13.2 Å². The third-order valence-corrected chi connectivity index (χ3v) is 5.95. The molecule has 1 aliphatic carbocycles. The fourth-order valence-electron chi connectivity index (χ4n) is 3.42. The number of amidine groups is 1. The summed E-state index contributed by atoms with van der Waals surface area (Å²) in [5.41, 5.74) is 0.306. The van der Waals surface area contributed by atoms with E-state index in [1.54, 1.807) is 23.3 Å². The minimum Gasteiger partial charge on any atom is -0.351 e. The van der Waals surface area contributed by atoms with Crippen molar-refractivity contribution in [2.24, 2.45) is 4.40 Å². The maximum atomic E-state index is 12.4. The van der Waals surface area contributed by atoms with E-state index in [1.165, 1.54) is 38.5 Å². The standard InChI is InChI=1S/C17H26N4O3S/c22-17(19-10-9-18-14-6-3-1-2-4-7-14)15-8-5-11-21-12-13-25(23,24)20-16(15)21/h5,8,11,14,18H,1-4,6-7,9-10,12-13H2,(H,19,22). The molecular formula is C17H26N4O3S. The number of amides is 1. The van der Waals surface area contributed by atoms with Gasteiger partial charge in [0.15, 0.2) is 5.84 Å². The second-order valence-corrected chi connectivity index (χ2v) is 8.47. The molecule has 0 bridgehead atoms. The Bertz CT molecular complexity index is 689. The van der Waals surface area contributed by atoms with Gasteiger partial charge in [0.1, 0.15) is 0 Å². The molecule has 138 valence electrons.